The van der Waals surface area contributed by atoms with Crippen LogP contribution in [0.1, 0.15) is 18.4 Å². The molecule has 1 aliphatic rings. The maximum atomic E-state index is 5.42. The molecule has 1 aromatic carbocycles. The molecule has 0 bridgehead atoms. The maximum absolute atomic E-state index is 5.42. The predicted octanol–water partition coefficient (Wildman–Crippen LogP) is 2.52. The number of methoxy groups -OCH3 is 1. The zero-order valence-corrected chi connectivity index (χ0v) is 11.1. The van der Waals surface area contributed by atoms with Crippen molar-refractivity contribution < 1.29 is 9.47 Å². The third-order valence-electron chi connectivity index (χ3n) is 3.33. The molecule has 0 saturated carbocycles. The Morgan fingerprint density at radius 3 is 3.00 bits per heavy atom. The summed E-state index contributed by atoms with van der Waals surface area (Å²) in [5.41, 5.74) is 2.63. The van der Waals surface area contributed by atoms with Crippen LogP contribution < -0.4 is 10.1 Å². The van der Waals surface area contributed by atoms with Crippen LogP contribution in [0.3, 0.4) is 0 Å². The normalized spacial score (nSPS) is 16.7. The highest BCUT2D eigenvalue weighted by molar-refractivity contribution is 5.30. The van der Waals surface area contributed by atoms with Crippen molar-refractivity contribution in [3.8, 4) is 5.75 Å². The average molecular weight is 247 g/mol. The lowest BCUT2D eigenvalue weighted by Crippen LogP contribution is -2.31. The zero-order chi connectivity index (χ0) is 12.8. The molecule has 98 valence electrons. The van der Waals surface area contributed by atoms with Gasteiger partial charge in [-0.15, -0.1) is 0 Å². The van der Waals surface area contributed by atoms with Crippen molar-refractivity contribution in [2.24, 2.45) is 0 Å². The molecule has 0 radical (unpaired) electrons. The second-order valence-electron chi connectivity index (χ2n) is 4.56. The fraction of sp³-hybridized carbons (Fsp3) is 0.467. The summed E-state index contributed by atoms with van der Waals surface area (Å²) in [6, 6.07) is 8.58. The van der Waals surface area contributed by atoms with Gasteiger partial charge < -0.3 is 14.8 Å². The van der Waals surface area contributed by atoms with Crippen LogP contribution in [0.15, 0.2) is 36.1 Å². The lowest BCUT2D eigenvalue weighted by molar-refractivity contribution is 0.219. The second-order valence-corrected chi connectivity index (χ2v) is 4.56. The van der Waals surface area contributed by atoms with Gasteiger partial charge in [0.1, 0.15) is 5.75 Å². The molecule has 2 rings (SSSR count). The van der Waals surface area contributed by atoms with Crippen LogP contribution in [-0.4, -0.2) is 26.8 Å². The Balaban J connectivity index is 2.07. The van der Waals surface area contributed by atoms with E-state index in [1.54, 1.807) is 7.11 Å². The van der Waals surface area contributed by atoms with Crippen LogP contribution >= 0.6 is 0 Å². The maximum Gasteiger partial charge on any atom is 0.119 e. The molecule has 3 nitrogen and oxygen atoms in total. The molecule has 18 heavy (non-hydrogen) atoms. The fourth-order valence-corrected chi connectivity index (χ4v) is 2.29. The van der Waals surface area contributed by atoms with Crippen LogP contribution in [-0.2, 0) is 11.2 Å². The van der Waals surface area contributed by atoms with Crippen LogP contribution in [0.2, 0.25) is 0 Å². The van der Waals surface area contributed by atoms with Gasteiger partial charge in [-0.05, 0) is 49.6 Å². The van der Waals surface area contributed by atoms with Crippen molar-refractivity contribution in [1.29, 1.82) is 0 Å². The monoisotopic (exact) mass is 247 g/mol. The van der Waals surface area contributed by atoms with Gasteiger partial charge in [-0.3, -0.25) is 0 Å². The molecule has 0 fully saturated rings. The summed E-state index contributed by atoms with van der Waals surface area (Å²) in [5, 5.41) is 3.37. The number of benzene rings is 1. The molecule has 1 atom stereocenters. The van der Waals surface area contributed by atoms with Gasteiger partial charge in [0.05, 0.1) is 20.0 Å². The van der Waals surface area contributed by atoms with E-state index in [2.05, 4.69) is 17.4 Å². The molecule has 0 aromatic heterocycles. The molecule has 3 heteroatoms. The Bertz CT molecular complexity index is 415. The summed E-state index contributed by atoms with van der Waals surface area (Å²) in [5.74, 6) is 0.913. The first-order chi connectivity index (χ1) is 8.83. The Morgan fingerprint density at radius 2 is 2.33 bits per heavy atom. The third-order valence-corrected chi connectivity index (χ3v) is 3.33. The zero-order valence-electron chi connectivity index (χ0n) is 11.1. The third kappa shape index (κ3) is 3.26. The van der Waals surface area contributed by atoms with Crippen LogP contribution in [0.4, 0.5) is 0 Å². The SMILES string of the molecule is CNC(Cc1cccc(OC)c1)C1=COCCC1. The number of hydrogen-bond donors (Lipinski definition) is 1. The molecule has 1 unspecified atom stereocenters. The highest BCUT2D eigenvalue weighted by Gasteiger charge is 2.16. The molecule has 1 aliphatic heterocycles. The second kappa shape index (κ2) is 6.45. The van der Waals surface area contributed by atoms with Crippen molar-refractivity contribution in [2.45, 2.75) is 25.3 Å². The van der Waals surface area contributed by atoms with Gasteiger partial charge in [-0.1, -0.05) is 12.1 Å². The van der Waals surface area contributed by atoms with E-state index in [1.165, 1.54) is 11.1 Å². The average Bonchev–Trinajstić information content (AvgIpc) is 2.46. The Morgan fingerprint density at radius 1 is 1.44 bits per heavy atom. The lowest BCUT2D eigenvalue weighted by atomic mass is 9.96. The fourth-order valence-electron chi connectivity index (χ4n) is 2.29. The van der Waals surface area contributed by atoms with Gasteiger partial charge in [-0.2, -0.15) is 0 Å². The van der Waals surface area contributed by atoms with E-state index < -0.39 is 0 Å². The number of hydrogen-bond acceptors (Lipinski definition) is 3. The summed E-state index contributed by atoms with van der Waals surface area (Å²) in [4.78, 5) is 0. The van der Waals surface area contributed by atoms with Gasteiger partial charge >= 0.3 is 0 Å². The van der Waals surface area contributed by atoms with Crippen LogP contribution in [0, 0.1) is 0 Å². The highest BCUT2D eigenvalue weighted by Crippen LogP contribution is 2.20. The Labute approximate surface area is 109 Å². The van der Waals surface area contributed by atoms with E-state index >= 15 is 0 Å². The van der Waals surface area contributed by atoms with Gasteiger partial charge in [0.2, 0.25) is 0 Å². The number of nitrogens with one attached hydrogen (secondary N) is 1. The summed E-state index contributed by atoms with van der Waals surface area (Å²) < 4.78 is 10.7. The van der Waals surface area contributed by atoms with Gasteiger partial charge in [0.25, 0.3) is 0 Å². The van der Waals surface area contributed by atoms with Crippen molar-refractivity contribution in [3.63, 3.8) is 0 Å². The van der Waals surface area contributed by atoms with E-state index in [0.29, 0.717) is 6.04 Å². The van der Waals surface area contributed by atoms with E-state index in [0.717, 1.165) is 31.6 Å². The Kier molecular flexibility index (Phi) is 4.65. The van der Waals surface area contributed by atoms with Crippen molar-refractivity contribution in [1.82, 2.24) is 5.32 Å². The summed E-state index contributed by atoms with van der Waals surface area (Å²) in [7, 11) is 3.70. The van der Waals surface area contributed by atoms with Crippen molar-refractivity contribution in [2.75, 3.05) is 20.8 Å². The molecule has 1 heterocycles. The Hall–Kier alpha value is -1.48. The highest BCUT2D eigenvalue weighted by atomic mass is 16.5. The lowest BCUT2D eigenvalue weighted by Gasteiger charge is -2.23. The van der Waals surface area contributed by atoms with E-state index in [-0.39, 0.29) is 0 Å². The molecule has 0 amide bonds. The van der Waals surface area contributed by atoms with Gasteiger partial charge in [-0.25, -0.2) is 0 Å². The number of rotatable bonds is 5. The summed E-state index contributed by atoms with van der Waals surface area (Å²) in [6.45, 7) is 0.846. The predicted molar refractivity (Wildman–Crippen MR) is 72.8 cm³/mol. The van der Waals surface area contributed by atoms with Crippen LogP contribution in [0.25, 0.3) is 0 Å². The van der Waals surface area contributed by atoms with E-state index in [1.807, 2.05) is 25.4 Å². The minimum atomic E-state index is 0.345. The largest absolute Gasteiger partial charge is 0.501 e. The van der Waals surface area contributed by atoms with Crippen LogP contribution in [0.5, 0.6) is 5.75 Å². The minimum Gasteiger partial charge on any atom is -0.501 e. The van der Waals surface area contributed by atoms with E-state index in [4.69, 9.17) is 9.47 Å². The molecular formula is C15H21NO2. The molecule has 1 N–H and O–H groups in total. The molecule has 0 saturated heterocycles. The first-order valence-electron chi connectivity index (χ1n) is 6.44. The molecule has 0 aliphatic carbocycles. The number of likely N-dealkylation sites (N-methyl/N-ethyl adjacent to an activating group) is 1. The first-order valence-corrected chi connectivity index (χ1v) is 6.44. The first kappa shape index (κ1) is 13.0. The topological polar surface area (TPSA) is 30.5 Å². The smallest absolute Gasteiger partial charge is 0.119 e. The molecule has 0 spiro atoms. The summed E-state index contributed by atoms with van der Waals surface area (Å²) >= 11 is 0. The van der Waals surface area contributed by atoms with Crippen molar-refractivity contribution in [3.05, 3.63) is 41.7 Å². The number of ether oxygens (including phenoxy) is 2. The van der Waals surface area contributed by atoms with Gasteiger partial charge in [0.15, 0.2) is 0 Å². The summed E-state index contributed by atoms with van der Waals surface area (Å²) in [6.07, 6.45) is 5.12. The standard InChI is InChI=1S/C15H21NO2/c1-16-15(13-6-4-8-18-11-13)10-12-5-3-7-14(9-12)17-2/h3,5,7,9,11,15-16H,4,6,8,10H2,1-2H3. The molecule has 1 aromatic rings. The minimum absolute atomic E-state index is 0.345. The van der Waals surface area contributed by atoms with Crippen molar-refractivity contribution >= 4 is 0 Å². The quantitative estimate of drug-likeness (QED) is 0.867. The van der Waals surface area contributed by atoms with E-state index in [9.17, 15) is 0 Å². The van der Waals surface area contributed by atoms with Gasteiger partial charge in [0, 0.05) is 6.04 Å². The molecular weight excluding hydrogens is 226 g/mol.